The summed E-state index contributed by atoms with van der Waals surface area (Å²) in [6.07, 6.45) is 1.56. The molecular formula is C10H7N3O2. The van der Waals surface area contributed by atoms with E-state index in [4.69, 9.17) is 5.26 Å². The number of benzene rings is 1. The number of nitrogens with one attached hydrogen (secondary N) is 1. The van der Waals surface area contributed by atoms with E-state index >= 15 is 0 Å². The van der Waals surface area contributed by atoms with Gasteiger partial charge in [-0.3, -0.25) is 10.1 Å². The molecule has 1 heterocycles. The van der Waals surface area contributed by atoms with E-state index in [0.29, 0.717) is 16.6 Å². The van der Waals surface area contributed by atoms with Crippen molar-refractivity contribution in [2.24, 2.45) is 0 Å². The first-order valence-electron chi connectivity index (χ1n) is 4.30. The highest BCUT2D eigenvalue weighted by Gasteiger charge is 2.15. The topological polar surface area (TPSA) is 82.7 Å². The van der Waals surface area contributed by atoms with Crippen LogP contribution in [0.4, 0.5) is 5.69 Å². The average Bonchev–Trinajstić information content (AvgIpc) is 2.61. The van der Waals surface area contributed by atoms with E-state index < -0.39 is 4.92 Å². The van der Waals surface area contributed by atoms with E-state index in [1.54, 1.807) is 19.2 Å². The molecule has 1 aromatic heterocycles. The van der Waals surface area contributed by atoms with Crippen LogP contribution in [0.2, 0.25) is 0 Å². The number of nitro benzene ring substituents is 1. The number of hydrogen-bond acceptors (Lipinski definition) is 3. The van der Waals surface area contributed by atoms with Crippen LogP contribution >= 0.6 is 0 Å². The Morgan fingerprint density at radius 1 is 1.53 bits per heavy atom. The maximum atomic E-state index is 10.7. The minimum absolute atomic E-state index is 0.0637. The van der Waals surface area contributed by atoms with Crippen molar-refractivity contribution in [3.8, 4) is 6.07 Å². The smallest absolute Gasteiger partial charge is 0.274 e. The molecule has 15 heavy (non-hydrogen) atoms. The second kappa shape index (κ2) is 3.10. The molecule has 2 rings (SSSR count). The third kappa shape index (κ3) is 1.23. The zero-order valence-electron chi connectivity index (χ0n) is 7.94. The standard InChI is InChI=1S/C10H7N3O2/c1-6-9(13(14)15)3-2-8-7(4-11)5-12-10(6)8/h2-3,5,12H,1H3. The Labute approximate surface area is 85.1 Å². The molecule has 0 saturated heterocycles. The Morgan fingerprint density at radius 3 is 2.87 bits per heavy atom. The van der Waals surface area contributed by atoms with Crippen LogP contribution < -0.4 is 0 Å². The van der Waals surface area contributed by atoms with Gasteiger partial charge in [-0.15, -0.1) is 0 Å². The van der Waals surface area contributed by atoms with E-state index in [1.165, 1.54) is 6.07 Å². The van der Waals surface area contributed by atoms with Crippen LogP contribution in [0.25, 0.3) is 10.9 Å². The lowest BCUT2D eigenvalue weighted by atomic mass is 10.1. The van der Waals surface area contributed by atoms with Gasteiger partial charge in [0, 0.05) is 17.6 Å². The van der Waals surface area contributed by atoms with Crippen LogP contribution in [0.15, 0.2) is 18.3 Å². The largest absolute Gasteiger partial charge is 0.359 e. The van der Waals surface area contributed by atoms with Crippen molar-refractivity contribution in [3.05, 3.63) is 39.6 Å². The number of aromatic amines is 1. The number of rotatable bonds is 1. The summed E-state index contributed by atoms with van der Waals surface area (Å²) < 4.78 is 0. The number of aryl methyl sites for hydroxylation is 1. The zero-order chi connectivity index (χ0) is 11.0. The van der Waals surface area contributed by atoms with E-state index in [9.17, 15) is 10.1 Å². The lowest BCUT2D eigenvalue weighted by Crippen LogP contribution is -1.91. The Bertz CT molecular complexity index is 592. The van der Waals surface area contributed by atoms with Crippen molar-refractivity contribution in [1.82, 2.24) is 4.98 Å². The SMILES string of the molecule is Cc1c([N+](=O)[O-])ccc2c(C#N)c[nH]c12. The molecule has 0 aliphatic rings. The molecule has 1 N–H and O–H groups in total. The molecule has 0 saturated carbocycles. The first-order chi connectivity index (χ1) is 7.15. The first-order valence-corrected chi connectivity index (χ1v) is 4.30. The second-order valence-electron chi connectivity index (χ2n) is 3.20. The first kappa shape index (κ1) is 9.21. The van der Waals surface area contributed by atoms with E-state index in [0.717, 1.165) is 5.39 Å². The molecule has 2 aromatic rings. The molecule has 0 aliphatic heterocycles. The van der Waals surface area contributed by atoms with Crippen LogP contribution in [0.1, 0.15) is 11.1 Å². The van der Waals surface area contributed by atoms with Gasteiger partial charge in [0.1, 0.15) is 6.07 Å². The molecule has 0 bridgehead atoms. The van der Waals surface area contributed by atoms with Gasteiger partial charge in [0.2, 0.25) is 0 Å². The van der Waals surface area contributed by atoms with E-state index in [2.05, 4.69) is 4.98 Å². The molecule has 5 heteroatoms. The molecule has 0 spiro atoms. The van der Waals surface area contributed by atoms with Gasteiger partial charge in [-0.1, -0.05) is 0 Å². The summed E-state index contributed by atoms with van der Waals surface area (Å²) >= 11 is 0. The second-order valence-corrected chi connectivity index (χ2v) is 3.20. The van der Waals surface area contributed by atoms with Gasteiger partial charge in [-0.2, -0.15) is 5.26 Å². The van der Waals surface area contributed by atoms with Crippen molar-refractivity contribution in [1.29, 1.82) is 5.26 Å². The molecule has 0 radical (unpaired) electrons. The Hall–Kier alpha value is -2.35. The van der Waals surface area contributed by atoms with E-state index in [1.807, 2.05) is 6.07 Å². The molecule has 5 nitrogen and oxygen atoms in total. The maximum Gasteiger partial charge on any atom is 0.274 e. The number of nitrogens with zero attached hydrogens (tertiary/aromatic N) is 2. The van der Waals surface area contributed by atoms with Crippen molar-refractivity contribution in [3.63, 3.8) is 0 Å². The number of aromatic nitrogens is 1. The summed E-state index contributed by atoms with van der Waals surface area (Å²) in [5.41, 5.74) is 1.77. The van der Waals surface area contributed by atoms with Gasteiger partial charge in [0.15, 0.2) is 0 Å². The van der Waals surface area contributed by atoms with Crippen LogP contribution in [-0.2, 0) is 0 Å². The molecule has 0 amide bonds. The summed E-state index contributed by atoms with van der Waals surface area (Å²) in [6.45, 7) is 1.66. The number of nitro groups is 1. The monoisotopic (exact) mass is 201 g/mol. The van der Waals surface area contributed by atoms with E-state index in [-0.39, 0.29) is 5.69 Å². The zero-order valence-corrected chi connectivity index (χ0v) is 7.94. The molecule has 74 valence electrons. The summed E-state index contributed by atoms with van der Waals surface area (Å²) in [5, 5.41) is 20.2. The quantitative estimate of drug-likeness (QED) is 0.567. The van der Waals surface area contributed by atoms with Crippen molar-refractivity contribution in [2.75, 3.05) is 0 Å². The van der Waals surface area contributed by atoms with Gasteiger partial charge < -0.3 is 4.98 Å². The van der Waals surface area contributed by atoms with Gasteiger partial charge in [0.25, 0.3) is 5.69 Å². The number of fused-ring (bicyclic) bond motifs is 1. The van der Waals surface area contributed by atoms with Crippen molar-refractivity contribution < 1.29 is 4.92 Å². The molecule has 0 aliphatic carbocycles. The van der Waals surface area contributed by atoms with Crippen molar-refractivity contribution in [2.45, 2.75) is 6.92 Å². The molecule has 0 fully saturated rings. The normalized spacial score (nSPS) is 10.1. The fourth-order valence-corrected chi connectivity index (χ4v) is 1.62. The highest BCUT2D eigenvalue weighted by molar-refractivity contribution is 5.90. The Balaban J connectivity index is 2.82. The van der Waals surface area contributed by atoms with Gasteiger partial charge in [-0.05, 0) is 13.0 Å². The molecule has 1 aromatic carbocycles. The maximum absolute atomic E-state index is 10.7. The third-order valence-electron chi connectivity index (χ3n) is 2.40. The number of nitriles is 1. The highest BCUT2D eigenvalue weighted by atomic mass is 16.6. The van der Waals surface area contributed by atoms with Gasteiger partial charge >= 0.3 is 0 Å². The predicted molar refractivity (Wildman–Crippen MR) is 54.4 cm³/mol. The number of hydrogen-bond donors (Lipinski definition) is 1. The fourth-order valence-electron chi connectivity index (χ4n) is 1.62. The molecule has 0 unspecified atom stereocenters. The van der Waals surface area contributed by atoms with Crippen LogP contribution in [-0.4, -0.2) is 9.91 Å². The minimum atomic E-state index is -0.429. The highest BCUT2D eigenvalue weighted by Crippen LogP contribution is 2.27. The Kier molecular flexibility index (Phi) is 1.90. The Morgan fingerprint density at radius 2 is 2.27 bits per heavy atom. The lowest BCUT2D eigenvalue weighted by Gasteiger charge is -1.98. The summed E-state index contributed by atoms with van der Waals surface area (Å²) in [5.74, 6) is 0. The molecule has 0 atom stereocenters. The predicted octanol–water partition coefficient (Wildman–Crippen LogP) is 2.26. The summed E-state index contributed by atoms with van der Waals surface area (Å²) in [7, 11) is 0. The number of H-pyrrole nitrogens is 1. The van der Waals surface area contributed by atoms with Gasteiger partial charge in [-0.25, -0.2) is 0 Å². The lowest BCUT2D eigenvalue weighted by molar-refractivity contribution is -0.385. The van der Waals surface area contributed by atoms with Crippen LogP contribution in [0.3, 0.4) is 0 Å². The summed E-state index contributed by atoms with van der Waals surface area (Å²) in [4.78, 5) is 13.1. The average molecular weight is 201 g/mol. The molecular weight excluding hydrogens is 194 g/mol. The van der Waals surface area contributed by atoms with Crippen LogP contribution in [0.5, 0.6) is 0 Å². The van der Waals surface area contributed by atoms with Gasteiger partial charge in [0.05, 0.1) is 21.6 Å². The minimum Gasteiger partial charge on any atom is -0.359 e. The van der Waals surface area contributed by atoms with Crippen LogP contribution in [0, 0.1) is 28.4 Å². The summed E-state index contributed by atoms with van der Waals surface area (Å²) in [6, 6.07) is 5.04. The fraction of sp³-hybridized carbons (Fsp3) is 0.100. The van der Waals surface area contributed by atoms with Crippen molar-refractivity contribution >= 4 is 16.6 Å². The third-order valence-corrected chi connectivity index (χ3v) is 2.40.